The second-order valence-corrected chi connectivity index (χ2v) is 10.8. The van der Waals surface area contributed by atoms with Crippen LogP contribution in [0.2, 0.25) is 0 Å². The smallest absolute Gasteiger partial charge is 0.243 e. The summed E-state index contributed by atoms with van der Waals surface area (Å²) in [6.07, 6.45) is 3.06. The second kappa shape index (κ2) is 10.1. The van der Waals surface area contributed by atoms with Crippen LogP contribution in [0.5, 0.6) is 0 Å². The van der Waals surface area contributed by atoms with Crippen LogP contribution in [0.25, 0.3) is 10.7 Å². The summed E-state index contributed by atoms with van der Waals surface area (Å²) < 4.78 is 32.5. The molecule has 176 valence electrons. The number of anilines is 1. The number of carbonyl (C=O) groups excluding carboxylic acids is 1. The van der Waals surface area contributed by atoms with Gasteiger partial charge in [0.2, 0.25) is 27.6 Å². The van der Waals surface area contributed by atoms with Gasteiger partial charge in [0.1, 0.15) is 0 Å². The first-order chi connectivity index (χ1) is 15.9. The van der Waals surface area contributed by atoms with Crippen molar-refractivity contribution in [2.45, 2.75) is 50.8 Å². The molecule has 33 heavy (non-hydrogen) atoms. The standard InChI is InChI=1S/C23H28N4O4S2/c1-3-26(4-2)33(29,30)18-12-13-19-17(16-18)8-6-14-27(19)22(28)11-5-10-21-24-23(25-31-21)20-9-7-15-32-20/h7,9,12-13,15-16H,3-6,8,10-11,14H2,1-2H3. The van der Waals surface area contributed by atoms with Crippen molar-refractivity contribution in [3.8, 4) is 10.7 Å². The van der Waals surface area contributed by atoms with Gasteiger partial charge in [0, 0.05) is 38.2 Å². The van der Waals surface area contributed by atoms with Gasteiger partial charge in [-0.1, -0.05) is 25.1 Å². The minimum Gasteiger partial charge on any atom is -0.339 e. The molecule has 10 heteroatoms. The van der Waals surface area contributed by atoms with Crippen molar-refractivity contribution in [2.75, 3.05) is 24.5 Å². The zero-order valence-corrected chi connectivity index (χ0v) is 20.5. The normalized spacial score (nSPS) is 14.0. The SMILES string of the molecule is CCN(CC)S(=O)(=O)c1ccc2c(c1)CCCN2C(=O)CCCc1nc(-c2cccs2)no1. The number of thiophene rings is 1. The molecule has 2 aromatic heterocycles. The third kappa shape index (κ3) is 5.02. The van der Waals surface area contributed by atoms with Crippen molar-refractivity contribution in [3.63, 3.8) is 0 Å². The predicted molar refractivity (Wildman–Crippen MR) is 128 cm³/mol. The molecule has 0 spiro atoms. The van der Waals surface area contributed by atoms with Crippen LogP contribution in [-0.4, -0.2) is 48.4 Å². The van der Waals surface area contributed by atoms with Gasteiger partial charge in [0.25, 0.3) is 0 Å². The van der Waals surface area contributed by atoms with Crippen LogP contribution in [0.4, 0.5) is 5.69 Å². The highest BCUT2D eigenvalue weighted by atomic mass is 32.2. The molecule has 0 fully saturated rings. The summed E-state index contributed by atoms with van der Waals surface area (Å²) in [7, 11) is -3.52. The molecule has 1 aromatic carbocycles. The van der Waals surface area contributed by atoms with Crippen molar-refractivity contribution in [1.29, 1.82) is 0 Å². The summed E-state index contributed by atoms with van der Waals surface area (Å²) in [6, 6.07) is 8.99. The summed E-state index contributed by atoms with van der Waals surface area (Å²) in [5, 5.41) is 5.97. The molecule has 8 nitrogen and oxygen atoms in total. The monoisotopic (exact) mass is 488 g/mol. The van der Waals surface area contributed by atoms with Crippen molar-refractivity contribution >= 4 is 33.0 Å². The van der Waals surface area contributed by atoms with Crippen molar-refractivity contribution in [3.05, 3.63) is 47.2 Å². The van der Waals surface area contributed by atoms with Crippen molar-refractivity contribution in [2.24, 2.45) is 0 Å². The molecule has 3 heterocycles. The maximum Gasteiger partial charge on any atom is 0.243 e. The lowest BCUT2D eigenvalue weighted by Crippen LogP contribution is -2.36. The Morgan fingerprint density at radius 1 is 1.24 bits per heavy atom. The van der Waals surface area contributed by atoms with Crippen LogP contribution in [-0.2, 0) is 27.7 Å². The molecule has 0 unspecified atom stereocenters. The van der Waals surface area contributed by atoms with Crippen LogP contribution in [0.3, 0.4) is 0 Å². The summed E-state index contributed by atoms with van der Waals surface area (Å²) in [6.45, 7) is 5.15. The average Bonchev–Trinajstić information content (AvgIpc) is 3.51. The fraction of sp³-hybridized carbons (Fsp3) is 0.435. The maximum absolute atomic E-state index is 13.0. The Kier molecular flexibility index (Phi) is 7.26. The first-order valence-corrected chi connectivity index (χ1v) is 13.6. The Morgan fingerprint density at radius 2 is 2.06 bits per heavy atom. The number of carbonyl (C=O) groups is 1. The summed E-state index contributed by atoms with van der Waals surface area (Å²) >= 11 is 1.55. The molecule has 1 aliphatic heterocycles. The number of fused-ring (bicyclic) bond motifs is 1. The van der Waals surface area contributed by atoms with Gasteiger partial charge in [-0.3, -0.25) is 4.79 Å². The molecule has 0 N–H and O–H groups in total. The predicted octanol–water partition coefficient (Wildman–Crippen LogP) is 4.13. The number of hydrogen-bond donors (Lipinski definition) is 0. The minimum atomic E-state index is -3.52. The Labute approximate surface area is 198 Å². The maximum atomic E-state index is 13.0. The largest absolute Gasteiger partial charge is 0.339 e. The Balaban J connectivity index is 1.41. The number of sulfonamides is 1. The van der Waals surface area contributed by atoms with Crippen LogP contribution in [0, 0.1) is 0 Å². The van der Waals surface area contributed by atoms with E-state index >= 15 is 0 Å². The highest BCUT2D eigenvalue weighted by Crippen LogP contribution is 2.31. The molecule has 1 amide bonds. The molecule has 0 bridgehead atoms. The van der Waals surface area contributed by atoms with Crippen molar-refractivity contribution < 1.29 is 17.7 Å². The molecule has 0 saturated carbocycles. The van der Waals surface area contributed by atoms with E-state index in [2.05, 4.69) is 10.1 Å². The van der Waals surface area contributed by atoms with E-state index in [1.807, 2.05) is 31.4 Å². The number of hydrogen-bond acceptors (Lipinski definition) is 7. The van der Waals surface area contributed by atoms with Crippen LogP contribution < -0.4 is 4.90 Å². The number of aromatic nitrogens is 2. The number of nitrogens with zero attached hydrogens (tertiary/aromatic N) is 4. The van der Waals surface area contributed by atoms with E-state index in [1.54, 1.807) is 34.4 Å². The van der Waals surface area contributed by atoms with Gasteiger partial charge in [-0.15, -0.1) is 11.3 Å². The highest BCUT2D eigenvalue weighted by molar-refractivity contribution is 7.89. The van der Waals surface area contributed by atoms with E-state index in [9.17, 15) is 13.2 Å². The lowest BCUT2D eigenvalue weighted by molar-refractivity contribution is -0.118. The molecule has 0 aliphatic carbocycles. The van der Waals surface area contributed by atoms with Gasteiger partial charge in [0.15, 0.2) is 0 Å². The Morgan fingerprint density at radius 3 is 2.79 bits per heavy atom. The van der Waals surface area contributed by atoms with Gasteiger partial charge in [0.05, 0.1) is 9.77 Å². The van der Waals surface area contributed by atoms with Crippen LogP contribution in [0.15, 0.2) is 45.1 Å². The van der Waals surface area contributed by atoms with Crippen molar-refractivity contribution in [1.82, 2.24) is 14.4 Å². The average molecular weight is 489 g/mol. The topological polar surface area (TPSA) is 96.6 Å². The van der Waals surface area contributed by atoms with Gasteiger partial charge < -0.3 is 9.42 Å². The Hall–Kier alpha value is -2.56. The third-order valence-corrected chi connectivity index (χ3v) is 8.72. The van der Waals surface area contributed by atoms with Gasteiger partial charge >= 0.3 is 0 Å². The fourth-order valence-corrected chi connectivity index (χ4v) is 6.25. The minimum absolute atomic E-state index is 0.0216. The molecular formula is C23H28N4O4S2. The number of aryl methyl sites for hydroxylation is 2. The van der Waals surface area contributed by atoms with E-state index in [4.69, 9.17) is 4.52 Å². The molecule has 0 radical (unpaired) electrons. The van der Waals surface area contributed by atoms with Crippen LogP contribution in [0.1, 0.15) is 44.6 Å². The second-order valence-electron chi connectivity index (χ2n) is 7.87. The quantitative estimate of drug-likeness (QED) is 0.449. The Bertz CT molecular complexity index is 1200. The zero-order valence-electron chi connectivity index (χ0n) is 18.9. The fourth-order valence-electron chi connectivity index (χ4n) is 4.09. The molecule has 1 aliphatic rings. The molecule has 4 rings (SSSR count). The van der Waals surface area contributed by atoms with E-state index in [0.717, 1.165) is 29.0 Å². The van der Waals surface area contributed by atoms with E-state index in [0.29, 0.717) is 50.6 Å². The summed E-state index contributed by atoms with van der Waals surface area (Å²) in [5.41, 5.74) is 1.71. The first kappa shape index (κ1) is 23.6. The summed E-state index contributed by atoms with van der Waals surface area (Å²) in [5.74, 6) is 1.12. The number of benzene rings is 1. The first-order valence-electron chi connectivity index (χ1n) is 11.2. The molecule has 0 saturated heterocycles. The van der Waals surface area contributed by atoms with Crippen LogP contribution >= 0.6 is 11.3 Å². The van der Waals surface area contributed by atoms with Gasteiger partial charge in [-0.2, -0.15) is 9.29 Å². The lowest BCUT2D eigenvalue weighted by atomic mass is 10.0. The number of amides is 1. The van der Waals surface area contributed by atoms with E-state index in [1.165, 1.54) is 4.31 Å². The molecular weight excluding hydrogens is 460 g/mol. The summed E-state index contributed by atoms with van der Waals surface area (Å²) in [4.78, 5) is 20.4. The van der Waals surface area contributed by atoms with Gasteiger partial charge in [-0.25, -0.2) is 8.42 Å². The third-order valence-electron chi connectivity index (χ3n) is 5.80. The number of rotatable bonds is 9. The van der Waals surface area contributed by atoms with E-state index in [-0.39, 0.29) is 10.8 Å². The lowest BCUT2D eigenvalue weighted by Gasteiger charge is -2.30. The van der Waals surface area contributed by atoms with E-state index < -0.39 is 10.0 Å². The highest BCUT2D eigenvalue weighted by Gasteiger charge is 2.27. The molecule has 3 aromatic rings. The zero-order chi connectivity index (χ0) is 23.4. The molecule has 0 atom stereocenters. The van der Waals surface area contributed by atoms with Gasteiger partial charge in [-0.05, 0) is 54.5 Å².